The number of hydrogen-bond donors (Lipinski definition) is 0. The molecule has 0 aliphatic rings. The number of nitriles is 1. The fraction of sp³-hybridized carbons (Fsp3) is 0.200. The predicted molar refractivity (Wildman–Crippen MR) is 78.7 cm³/mol. The lowest BCUT2D eigenvalue weighted by Crippen LogP contribution is -1.91. The van der Waals surface area contributed by atoms with Gasteiger partial charge >= 0.3 is 0 Å². The standard InChI is InChI=1S/C15H12N4OS/c1-10-9-21-14(17-10)8-13-18-15(20-19-13)12-5-3-2-4-11(12)6-7-16/h2-5,9H,6,8H2,1H3. The van der Waals surface area contributed by atoms with E-state index in [0.29, 0.717) is 24.6 Å². The molecule has 0 spiro atoms. The molecule has 0 aliphatic carbocycles. The van der Waals surface area contributed by atoms with Crippen LogP contribution in [-0.4, -0.2) is 15.1 Å². The van der Waals surface area contributed by atoms with E-state index >= 15 is 0 Å². The zero-order chi connectivity index (χ0) is 14.7. The van der Waals surface area contributed by atoms with Gasteiger partial charge in [-0.2, -0.15) is 10.2 Å². The first-order valence-electron chi connectivity index (χ1n) is 6.45. The van der Waals surface area contributed by atoms with E-state index < -0.39 is 0 Å². The third-order valence-electron chi connectivity index (χ3n) is 2.96. The summed E-state index contributed by atoms with van der Waals surface area (Å²) < 4.78 is 5.32. The summed E-state index contributed by atoms with van der Waals surface area (Å²) in [5.41, 5.74) is 2.70. The van der Waals surface area contributed by atoms with Gasteiger partial charge in [-0.25, -0.2) is 4.98 Å². The number of aryl methyl sites for hydroxylation is 1. The van der Waals surface area contributed by atoms with Crippen LogP contribution < -0.4 is 0 Å². The maximum atomic E-state index is 8.87. The number of aromatic nitrogens is 3. The molecule has 21 heavy (non-hydrogen) atoms. The summed E-state index contributed by atoms with van der Waals surface area (Å²) in [6.45, 7) is 1.96. The minimum atomic E-state index is 0.319. The summed E-state index contributed by atoms with van der Waals surface area (Å²) in [5, 5.41) is 15.8. The van der Waals surface area contributed by atoms with Crippen LogP contribution in [0, 0.1) is 18.3 Å². The lowest BCUT2D eigenvalue weighted by Gasteiger charge is -2.00. The van der Waals surface area contributed by atoms with Crippen LogP contribution in [-0.2, 0) is 12.8 Å². The normalized spacial score (nSPS) is 10.5. The Balaban J connectivity index is 1.87. The molecule has 6 heteroatoms. The molecule has 0 N–H and O–H groups in total. The topological polar surface area (TPSA) is 75.6 Å². The van der Waals surface area contributed by atoms with Gasteiger partial charge in [-0.15, -0.1) is 11.3 Å². The minimum Gasteiger partial charge on any atom is -0.334 e. The lowest BCUT2D eigenvalue weighted by molar-refractivity contribution is 0.423. The summed E-state index contributed by atoms with van der Waals surface area (Å²) >= 11 is 1.58. The largest absolute Gasteiger partial charge is 0.334 e. The Morgan fingerprint density at radius 1 is 1.29 bits per heavy atom. The van der Waals surface area contributed by atoms with Crippen LogP contribution in [0.4, 0.5) is 0 Å². The van der Waals surface area contributed by atoms with Crippen LogP contribution in [0.3, 0.4) is 0 Å². The van der Waals surface area contributed by atoms with Crippen molar-refractivity contribution in [2.75, 3.05) is 0 Å². The first-order valence-corrected chi connectivity index (χ1v) is 7.33. The SMILES string of the molecule is Cc1csc(Cc2noc(-c3ccccc3CC#N)n2)n1. The summed E-state index contributed by atoms with van der Waals surface area (Å²) in [6.07, 6.45) is 0.877. The highest BCUT2D eigenvalue weighted by atomic mass is 32.1. The monoisotopic (exact) mass is 296 g/mol. The molecule has 0 aliphatic heterocycles. The van der Waals surface area contributed by atoms with Crippen molar-refractivity contribution in [2.45, 2.75) is 19.8 Å². The van der Waals surface area contributed by atoms with Gasteiger partial charge in [0.1, 0.15) is 5.01 Å². The maximum absolute atomic E-state index is 8.87. The van der Waals surface area contributed by atoms with E-state index in [0.717, 1.165) is 21.8 Å². The molecule has 0 saturated carbocycles. The van der Waals surface area contributed by atoms with Gasteiger partial charge < -0.3 is 4.52 Å². The molecule has 3 aromatic rings. The van der Waals surface area contributed by atoms with Crippen molar-refractivity contribution in [1.29, 1.82) is 5.26 Å². The smallest absolute Gasteiger partial charge is 0.258 e. The molecule has 0 amide bonds. The van der Waals surface area contributed by atoms with Crippen molar-refractivity contribution in [3.63, 3.8) is 0 Å². The summed E-state index contributed by atoms with van der Waals surface area (Å²) in [6, 6.07) is 9.71. The van der Waals surface area contributed by atoms with Crippen LogP contribution in [0.1, 0.15) is 22.1 Å². The van der Waals surface area contributed by atoms with Crippen LogP contribution in [0.25, 0.3) is 11.5 Å². The van der Waals surface area contributed by atoms with E-state index in [1.54, 1.807) is 11.3 Å². The van der Waals surface area contributed by atoms with Crippen molar-refractivity contribution >= 4 is 11.3 Å². The van der Waals surface area contributed by atoms with Crippen molar-refractivity contribution in [1.82, 2.24) is 15.1 Å². The number of nitrogens with zero attached hydrogens (tertiary/aromatic N) is 4. The fourth-order valence-corrected chi connectivity index (χ4v) is 2.79. The third-order valence-corrected chi connectivity index (χ3v) is 3.93. The highest BCUT2D eigenvalue weighted by molar-refractivity contribution is 7.09. The molecular formula is C15H12N4OS. The summed E-state index contributed by atoms with van der Waals surface area (Å²) in [5.74, 6) is 1.05. The van der Waals surface area contributed by atoms with Crippen molar-refractivity contribution in [2.24, 2.45) is 0 Å². The molecule has 0 bridgehead atoms. The molecule has 0 saturated heterocycles. The first kappa shape index (κ1) is 13.5. The van der Waals surface area contributed by atoms with Gasteiger partial charge in [-0.05, 0) is 18.6 Å². The van der Waals surface area contributed by atoms with Crippen LogP contribution in [0.5, 0.6) is 0 Å². The predicted octanol–water partition coefficient (Wildman–Crippen LogP) is 3.16. The minimum absolute atomic E-state index is 0.319. The van der Waals surface area contributed by atoms with Crippen LogP contribution in [0.2, 0.25) is 0 Å². The van der Waals surface area contributed by atoms with Gasteiger partial charge in [0, 0.05) is 16.6 Å². The molecule has 0 atom stereocenters. The Kier molecular flexibility index (Phi) is 3.75. The average Bonchev–Trinajstić information content (AvgIpc) is 3.10. The Morgan fingerprint density at radius 3 is 2.90 bits per heavy atom. The molecule has 3 rings (SSSR count). The molecule has 0 fully saturated rings. The highest BCUT2D eigenvalue weighted by Crippen LogP contribution is 2.23. The van der Waals surface area contributed by atoms with Crippen molar-refractivity contribution < 1.29 is 4.52 Å². The third kappa shape index (κ3) is 2.98. The van der Waals surface area contributed by atoms with E-state index in [2.05, 4.69) is 21.2 Å². The lowest BCUT2D eigenvalue weighted by atomic mass is 10.1. The fourth-order valence-electron chi connectivity index (χ4n) is 2.02. The van der Waals surface area contributed by atoms with Gasteiger partial charge in [-0.3, -0.25) is 0 Å². The Morgan fingerprint density at radius 2 is 2.14 bits per heavy atom. The molecule has 104 valence electrons. The molecule has 1 aromatic carbocycles. The Hall–Kier alpha value is -2.52. The molecule has 0 unspecified atom stereocenters. The summed E-state index contributed by atoms with van der Waals surface area (Å²) in [4.78, 5) is 8.80. The van der Waals surface area contributed by atoms with E-state index in [4.69, 9.17) is 9.78 Å². The summed E-state index contributed by atoms with van der Waals surface area (Å²) in [7, 11) is 0. The second-order valence-electron chi connectivity index (χ2n) is 4.57. The van der Waals surface area contributed by atoms with E-state index in [1.807, 2.05) is 36.6 Å². The van der Waals surface area contributed by atoms with Gasteiger partial charge in [0.25, 0.3) is 5.89 Å². The molecule has 2 aromatic heterocycles. The Bertz CT molecular complexity index is 800. The second kappa shape index (κ2) is 5.85. The average molecular weight is 296 g/mol. The number of hydrogen-bond acceptors (Lipinski definition) is 6. The van der Waals surface area contributed by atoms with Crippen molar-refractivity contribution in [3.05, 3.63) is 51.7 Å². The first-order chi connectivity index (χ1) is 10.3. The molecule has 2 heterocycles. The zero-order valence-corrected chi connectivity index (χ0v) is 12.2. The zero-order valence-electron chi connectivity index (χ0n) is 11.4. The highest BCUT2D eigenvalue weighted by Gasteiger charge is 2.13. The van der Waals surface area contributed by atoms with Crippen molar-refractivity contribution in [3.8, 4) is 17.5 Å². The second-order valence-corrected chi connectivity index (χ2v) is 5.51. The maximum Gasteiger partial charge on any atom is 0.258 e. The number of thiazole rings is 1. The van der Waals surface area contributed by atoms with E-state index in [-0.39, 0.29) is 0 Å². The molecule has 0 radical (unpaired) electrons. The molecular weight excluding hydrogens is 284 g/mol. The quantitative estimate of drug-likeness (QED) is 0.739. The van der Waals surface area contributed by atoms with Gasteiger partial charge in [0.15, 0.2) is 5.82 Å². The Labute approximate surface area is 125 Å². The van der Waals surface area contributed by atoms with E-state index in [1.165, 1.54) is 0 Å². The molecule has 5 nitrogen and oxygen atoms in total. The number of rotatable bonds is 4. The van der Waals surface area contributed by atoms with Gasteiger partial charge in [0.05, 0.1) is 18.9 Å². The van der Waals surface area contributed by atoms with Gasteiger partial charge in [-0.1, -0.05) is 23.4 Å². The number of benzene rings is 1. The van der Waals surface area contributed by atoms with Gasteiger partial charge in [0.2, 0.25) is 0 Å². The van der Waals surface area contributed by atoms with Crippen LogP contribution >= 0.6 is 11.3 Å². The van der Waals surface area contributed by atoms with E-state index in [9.17, 15) is 0 Å². The van der Waals surface area contributed by atoms with Crippen LogP contribution in [0.15, 0.2) is 34.2 Å².